The monoisotopic (exact) mass is 386 g/mol. The lowest BCUT2D eigenvalue weighted by atomic mass is 10.1. The van der Waals surface area contributed by atoms with Crippen molar-refractivity contribution in [2.75, 3.05) is 33.9 Å². The first-order chi connectivity index (χ1) is 13.5. The Morgan fingerprint density at radius 2 is 1.54 bits per heavy atom. The van der Waals surface area contributed by atoms with Gasteiger partial charge in [0.25, 0.3) is 11.8 Å². The number of nitrogens with one attached hydrogen (secondary N) is 2. The van der Waals surface area contributed by atoms with Gasteiger partial charge in [-0.2, -0.15) is 0 Å². The summed E-state index contributed by atoms with van der Waals surface area (Å²) in [7, 11) is 2.98. The van der Waals surface area contributed by atoms with Crippen LogP contribution in [0.2, 0.25) is 0 Å². The topological polar surface area (TPSA) is 85.9 Å². The summed E-state index contributed by atoms with van der Waals surface area (Å²) in [4.78, 5) is 24.3. The normalized spacial score (nSPS) is 10.1. The maximum absolute atomic E-state index is 12.4. The Bertz CT molecular complexity index is 813. The van der Waals surface area contributed by atoms with Crippen LogP contribution in [-0.2, 0) is 4.79 Å². The number of carbonyl (C=O) groups excluding carboxylic acids is 2. The van der Waals surface area contributed by atoms with Crippen molar-refractivity contribution < 1.29 is 23.8 Å². The third-order valence-electron chi connectivity index (χ3n) is 4.08. The highest BCUT2D eigenvalue weighted by Crippen LogP contribution is 2.27. The Kier molecular flexibility index (Phi) is 7.68. The number of aryl methyl sites for hydroxylation is 2. The lowest BCUT2D eigenvalue weighted by Gasteiger charge is -2.13. The van der Waals surface area contributed by atoms with Crippen LogP contribution in [0.3, 0.4) is 0 Å². The maximum Gasteiger partial charge on any atom is 0.258 e. The van der Waals surface area contributed by atoms with Crippen molar-refractivity contribution in [1.82, 2.24) is 10.6 Å². The van der Waals surface area contributed by atoms with E-state index in [1.54, 1.807) is 18.2 Å². The van der Waals surface area contributed by atoms with Crippen molar-refractivity contribution in [1.29, 1.82) is 0 Å². The van der Waals surface area contributed by atoms with Crippen molar-refractivity contribution in [3.8, 4) is 17.2 Å². The van der Waals surface area contributed by atoms with Gasteiger partial charge in [-0.15, -0.1) is 0 Å². The molecule has 0 radical (unpaired) electrons. The van der Waals surface area contributed by atoms with E-state index in [4.69, 9.17) is 14.2 Å². The second-order valence-electron chi connectivity index (χ2n) is 6.20. The smallest absolute Gasteiger partial charge is 0.258 e. The van der Waals surface area contributed by atoms with E-state index in [0.717, 1.165) is 11.1 Å². The van der Waals surface area contributed by atoms with Crippen LogP contribution in [0.15, 0.2) is 36.4 Å². The van der Waals surface area contributed by atoms with E-state index in [9.17, 15) is 9.59 Å². The van der Waals surface area contributed by atoms with Gasteiger partial charge in [-0.05, 0) is 37.6 Å². The van der Waals surface area contributed by atoms with E-state index in [1.807, 2.05) is 32.0 Å². The number of benzene rings is 2. The standard InChI is InChI=1S/C21H26N2O5/c1-14-8-9-16(15(2)12-14)28-13-19(24)22-10-11-23-21(25)20-17(26-3)6-5-7-18(20)27-4/h5-9,12H,10-11,13H2,1-4H3,(H,22,24)(H,23,25). The van der Waals surface area contributed by atoms with Crippen LogP contribution in [0.25, 0.3) is 0 Å². The van der Waals surface area contributed by atoms with Crippen LogP contribution < -0.4 is 24.8 Å². The molecule has 0 heterocycles. The molecule has 0 aliphatic rings. The summed E-state index contributed by atoms with van der Waals surface area (Å²) in [5, 5.41) is 5.45. The summed E-state index contributed by atoms with van der Waals surface area (Å²) < 4.78 is 16.0. The molecule has 0 aliphatic carbocycles. The summed E-state index contributed by atoms with van der Waals surface area (Å²) in [5.41, 5.74) is 2.43. The van der Waals surface area contributed by atoms with Gasteiger partial charge in [-0.1, -0.05) is 23.8 Å². The molecule has 0 atom stereocenters. The highest BCUT2D eigenvalue weighted by Gasteiger charge is 2.17. The van der Waals surface area contributed by atoms with E-state index in [-0.39, 0.29) is 31.5 Å². The lowest BCUT2D eigenvalue weighted by molar-refractivity contribution is -0.123. The molecule has 2 aromatic rings. The first-order valence-electron chi connectivity index (χ1n) is 8.92. The molecule has 2 aromatic carbocycles. The molecule has 0 saturated heterocycles. The molecule has 2 amide bonds. The average Bonchev–Trinajstić information content (AvgIpc) is 2.69. The zero-order valence-corrected chi connectivity index (χ0v) is 16.6. The quantitative estimate of drug-likeness (QED) is 0.646. The SMILES string of the molecule is COc1cccc(OC)c1C(=O)NCCNC(=O)COc1ccc(C)cc1C. The van der Waals surface area contributed by atoms with Crippen molar-refractivity contribution in [3.05, 3.63) is 53.1 Å². The van der Waals surface area contributed by atoms with Crippen molar-refractivity contribution in [2.24, 2.45) is 0 Å². The largest absolute Gasteiger partial charge is 0.496 e. The van der Waals surface area contributed by atoms with Crippen LogP contribution >= 0.6 is 0 Å². The number of carbonyl (C=O) groups is 2. The molecule has 0 spiro atoms. The third-order valence-corrected chi connectivity index (χ3v) is 4.08. The molecule has 150 valence electrons. The van der Waals surface area contributed by atoms with Crippen molar-refractivity contribution in [2.45, 2.75) is 13.8 Å². The minimum absolute atomic E-state index is 0.0851. The van der Waals surface area contributed by atoms with Gasteiger partial charge in [0.05, 0.1) is 14.2 Å². The molecule has 28 heavy (non-hydrogen) atoms. The van der Waals surface area contributed by atoms with Crippen molar-refractivity contribution in [3.63, 3.8) is 0 Å². The molecule has 7 nitrogen and oxygen atoms in total. The van der Waals surface area contributed by atoms with Crippen LogP contribution in [0.1, 0.15) is 21.5 Å². The fraction of sp³-hybridized carbons (Fsp3) is 0.333. The number of hydrogen-bond donors (Lipinski definition) is 2. The van der Waals surface area contributed by atoms with E-state index >= 15 is 0 Å². The molecule has 0 saturated carbocycles. The summed E-state index contributed by atoms with van der Waals surface area (Å²) in [5.74, 6) is 0.919. The van der Waals surface area contributed by atoms with Crippen LogP contribution in [-0.4, -0.2) is 45.7 Å². The Morgan fingerprint density at radius 3 is 2.14 bits per heavy atom. The van der Waals surface area contributed by atoms with E-state index < -0.39 is 0 Å². The van der Waals surface area contributed by atoms with Crippen LogP contribution in [0, 0.1) is 13.8 Å². The molecule has 0 bridgehead atoms. The number of amides is 2. The second kappa shape index (κ2) is 10.2. The fourth-order valence-electron chi connectivity index (χ4n) is 2.70. The average molecular weight is 386 g/mol. The van der Waals surface area contributed by atoms with Crippen molar-refractivity contribution >= 4 is 11.8 Å². The number of ether oxygens (including phenoxy) is 3. The van der Waals surface area contributed by atoms with E-state index in [0.29, 0.717) is 22.8 Å². The molecule has 0 unspecified atom stereocenters. The third kappa shape index (κ3) is 5.64. The van der Waals surface area contributed by atoms with E-state index in [1.165, 1.54) is 14.2 Å². The second-order valence-corrected chi connectivity index (χ2v) is 6.20. The summed E-state index contributed by atoms with van der Waals surface area (Å²) in [6.07, 6.45) is 0. The molecular weight excluding hydrogens is 360 g/mol. The maximum atomic E-state index is 12.4. The van der Waals surface area contributed by atoms with Crippen LogP contribution in [0.4, 0.5) is 0 Å². The van der Waals surface area contributed by atoms with Gasteiger partial charge in [-0.25, -0.2) is 0 Å². The lowest BCUT2D eigenvalue weighted by Crippen LogP contribution is -2.37. The molecule has 7 heteroatoms. The Labute approximate surface area is 165 Å². The predicted molar refractivity (Wildman–Crippen MR) is 106 cm³/mol. The molecule has 2 N–H and O–H groups in total. The molecule has 0 fully saturated rings. The highest BCUT2D eigenvalue weighted by molar-refractivity contribution is 5.99. The van der Waals surface area contributed by atoms with Gasteiger partial charge in [0, 0.05) is 13.1 Å². The highest BCUT2D eigenvalue weighted by atomic mass is 16.5. The summed E-state index contributed by atoms with van der Waals surface area (Å²) >= 11 is 0. The van der Waals surface area contributed by atoms with Gasteiger partial charge < -0.3 is 24.8 Å². The summed E-state index contributed by atoms with van der Waals surface area (Å²) in [6, 6.07) is 10.9. The minimum Gasteiger partial charge on any atom is -0.496 e. The zero-order valence-electron chi connectivity index (χ0n) is 16.6. The molecule has 0 aromatic heterocycles. The number of rotatable bonds is 9. The molecule has 0 aliphatic heterocycles. The minimum atomic E-state index is -0.338. The van der Waals surface area contributed by atoms with Crippen LogP contribution in [0.5, 0.6) is 17.2 Å². The predicted octanol–water partition coefficient (Wildman–Crippen LogP) is 2.25. The van der Waals surface area contributed by atoms with Gasteiger partial charge in [0.1, 0.15) is 22.8 Å². The Balaban J connectivity index is 1.78. The number of methoxy groups -OCH3 is 2. The van der Waals surface area contributed by atoms with Gasteiger partial charge >= 0.3 is 0 Å². The fourth-order valence-corrected chi connectivity index (χ4v) is 2.70. The van der Waals surface area contributed by atoms with Gasteiger partial charge in [-0.3, -0.25) is 9.59 Å². The Morgan fingerprint density at radius 1 is 0.893 bits per heavy atom. The van der Waals surface area contributed by atoms with Gasteiger partial charge in [0.2, 0.25) is 0 Å². The van der Waals surface area contributed by atoms with Gasteiger partial charge in [0.15, 0.2) is 6.61 Å². The first kappa shape index (κ1) is 21.1. The molecule has 2 rings (SSSR count). The number of hydrogen-bond acceptors (Lipinski definition) is 5. The van der Waals surface area contributed by atoms with E-state index in [2.05, 4.69) is 10.6 Å². The molecular formula is C21H26N2O5. The first-order valence-corrected chi connectivity index (χ1v) is 8.92. The summed E-state index contributed by atoms with van der Waals surface area (Å²) in [6.45, 7) is 4.38. The Hall–Kier alpha value is -3.22. The zero-order chi connectivity index (χ0) is 20.5.